The topological polar surface area (TPSA) is 40.6 Å². The molecule has 0 N–H and O–H groups in total. The molecular weight excluding hydrogens is 384 g/mol. The van der Waals surface area contributed by atoms with Crippen LogP contribution in [0.4, 0.5) is 5.69 Å². The second-order valence-electron chi connectivity index (χ2n) is 8.54. The number of carbonyl (C=O) groups is 2. The second-order valence-corrected chi connectivity index (χ2v) is 8.54. The van der Waals surface area contributed by atoms with Gasteiger partial charge in [0.25, 0.3) is 0 Å². The van der Waals surface area contributed by atoms with Crippen LogP contribution in [0.15, 0.2) is 72.8 Å². The van der Waals surface area contributed by atoms with E-state index in [4.69, 9.17) is 0 Å². The molecule has 1 fully saturated rings. The van der Waals surface area contributed by atoms with Crippen molar-refractivity contribution < 1.29 is 9.59 Å². The summed E-state index contributed by atoms with van der Waals surface area (Å²) in [4.78, 5) is 32.1. The summed E-state index contributed by atoms with van der Waals surface area (Å²) in [6.07, 6.45) is 0. The molecular formula is C27H26N2O2. The van der Waals surface area contributed by atoms with Gasteiger partial charge in [-0.15, -0.1) is 0 Å². The van der Waals surface area contributed by atoms with Gasteiger partial charge in [-0.25, -0.2) is 0 Å². The molecule has 1 saturated heterocycles. The number of fused-ring (bicyclic) bond motifs is 1. The fourth-order valence-corrected chi connectivity index (χ4v) is 5.13. The van der Waals surface area contributed by atoms with Crippen LogP contribution >= 0.6 is 0 Å². The van der Waals surface area contributed by atoms with Gasteiger partial charge < -0.3 is 4.90 Å². The number of hydrogen-bond acceptors (Lipinski definition) is 4. The maximum atomic E-state index is 13.8. The van der Waals surface area contributed by atoms with Crippen LogP contribution in [0.5, 0.6) is 0 Å². The fraction of sp³-hybridized carbons (Fsp3) is 0.259. The van der Waals surface area contributed by atoms with Crippen molar-refractivity contribution in [2.24, 2.45) is 0 Å². The average molecular weight is 411 g/mol. The fourth-order valence-electron chi connectivity index (χ4n) is 5.13. The average Bonchev–Trinajstić information content (AvgIpc) is 3.04. The van der Waals surface area contributed by atoms with Crippen molar-refractivity contribution in [1.29, 1.82) is 0 Å². The molecule has 0 amide bonds. The molecule has 4 heteroatoms. The lowest BCUT2D eigenvalue weighted by Crippen LogP contribution is -2.60. The van der Waals surface area contributed by atoms with Crippen LogP contribution in [0.25, 0.3) is 0 Å². The second kappa shape index (κ2) is 7.47. The SMILES string of the molecule is Cc1ccc(C)c(N2CCN(C3(c4ccccc4)C(=O)c4ccccc4C3=O)CC2)c1. The number of benzene rings is 3. The van der Waals surface area contributed by atoms with E-state index < -0.39 is 5.54 Å². The Kier molecular flexibility index (Phi) is 4.75. The van der Waals surface area contributed by atoms with Gasteiger partial charge >= 0.3 is 0 Å². The van der Waals surface area contributed by atoms with E-state index in [2.05, 4.69) is 41.8 Å². The van der Waals surface area contributed by atoms with Crippen LogP contribution in [-0.4, -0.2) is 42.6 Å². The molecule has 4 nitrogen and oxygen atoms in total. The molecule has 0 bridgehead atoms. The first-order valence-electron chi connectivity index (χ1n) is 10.8. The van der Waals surface area contributed by atoms with Crippen molar-refractivity contribution in [2.45, 2.75) is 19.4 Å². The molecule has 0 saturated carbocycles. The van der Waals surface area contributed by atoms with Crippen molar-refractivity contribution in [3.8, 4) is 0 Å². The summed E-state index contributed by atoms with van der Waals surface area (Å²) >= 11 is 0. The van der Waals surface area contributed by atoms with Gasteiger partial charge in [0.05, 0.1) is 0 Å². The molecule has 0 unspecified atom stereocenters. The summed E-state index contributed by atoms with van der Waals surface area (Å²) in [5.74, 6) is -0.195. The van der Waals surface area contributed by atoms with Gasteiger partial charge in [-0.3, -0.25) is 14.5 Å². The van der Waals surface area contributed by atoms with Crippen LogP contribution < -0.4 is 4.90 Å². The zero-order valence-electron chi connectivity index (χ0n) is 18.0. The number of piperazine rings is 1. The van der Waals surface area contributed by atoms with E-state index in [1.54, 1.807) is 12.1 Å². The van der Waals surface area contributed by atoms with E-state index in [-0.39, 0.29) is 11.6 Å². The predicted molar refractivity (Wildman–Crippen MR) is 123 cm³/mol. The molecule has 1 aliphatic heterocycles. The van der Waals surface area contributed by atoms with E-state index in [9.17, 15) is 9.59 Å². The van der Waals surface area contributed by atoms with Crippen LogP contribution in [-0.2, 0) is 5.54 Å². The van der Waals surface area contributed by atoms with Crippen molar-refractivity contribution in [3.05, 3.63) is 101 Å². The maximum Gasteiger partial charge on any atom is 0.196 e. The molecule has 3 aromatic carbocycles. The Labute approximate surface area is 183 Å². The third kappa shape index (κ3) is 2.94. The Bertz CT molecular complexity index is 1130. The smallest absolute Gasteiger partial charge is 0.196 e. The number of nitrogens with zero attached hydrogens (tertiary/aromatic N) is 2. The highest BCUT2D eigenvalue weighted by Gasteiger charge is 2.58. The summed E-state index contributed by atoms with van der Waals surface area (Å²) in [7, 11) is 0. The van der Waals surface area contributed by atoms with Gasteiger partial charge in [-0.05, 0) is 36.6 Å². The van der Waals surface area contributed by atoms with Gasteiger partial charge in [0.2, 0.25) is 0 Å². The number of rotatable bonds is 3. The zero-order valence-corrected chi connectivity index (χ0v) is 18.0. The van der Waals surface area contributed by atoms with Crippen molar-refractivity contribution in [2.75, 3.05) is 31.1 Å². The normalized spacial score (nSPS) is 18.3. The minimum atomic E-state index is -1.27. The van der Waals surface area contributed by atoms with Gasteiger partial charge in [0.15, 0.2) is 17.1 Å². The third-order valence-electron chi connectivity index (χ3n) is 6.72. The summed E-state index contributed by atoms with van der Waals surface area (Å²) in [6.45, 7) is 7.08. The largest absolute Gasteiger partial charge is 0.369 e. The lowest BCUT2D eigenvalue weighted by molar-refractivity contribution is 0.0461. The standard InChI is InChI=1S/C27H26N2O2/c1-19-12-13-20(2)24(18-19)28-14-16-29(17-15-28)27(21-8-4-3-5-9-21)25(30)22-10-6-7-11-23(22)26(27)31/h3-13,18H,14-17H2,1-2H3. The number of Topliss-reactive ketones (excluding diaryl/α,β-unsaturated/α-hetero) is 2. The number of anilines is 1. The number of carbonyl (C=O) groups excluding carboxylic acids is 2. The molecule has 2 aliphatic rings. The molecule has 5 rings (SSSR count). The molecule has 1 heterocycles. The van der Waals surface area contributed by atoms with Crippen LogP contribution in [0.1, 0.15) is 37.4 Å². The highest BCUT2D eigenvalue weighted by molar-refractivity contribution is 6.32. The van der Waals surface area contributed by atoms with E-state index >= 15 is 0 Å². The Morgan fingerprint density at radius 1 is 0.710 bits per heavy atom. The van der Waals surface area contributed by atoms with E-state index in [0.29, 0.717) is 24.2 Å². The first-order chi connectivity index (χ1) is 15.0. The Morgan fingerprint density at radius 3 is 1.90 bits per heavy atom. The van der Waals surface area contributed by atoms with Gasteiger partial charge in [0.1, 0.15) is 0 Å². The molecule has 1 aliphatic carbocycles. The van der Waals surface area contributed by atoms with Crippen molar-refractivity contribution in [1.82, 2.24) is 4.90 Å². The molecule has 31 heavy (non-hydrogen) atoms. The van der Waals surface area contributed by atoms with Gasteiger partial charge in [0, 0.05) is 43.0 Å². The quantitative estimate of drug-likeness (QED) is 0.600. The molecule has 156 valence electrons. The maximum absolute atomic E-state index is 13.8. The van der Waals surface area contributed by atoms with Crippen LogP contribution in [0.2, 0.25) is 0 Å². The first-order valence-corrected chi connectivity index (χ1v) is 10.8. The lowest BCUT2D eigenvalue weighted by atomic mass is 9.82. The van der Waals surface area contributed by atoms with E-state index in [1.165, 1.54) is 16.8 Å². The summed E-state index contributed by atoms with van der Waals surface area (Å²) < 4.78 is 0. The minimum absolute atomic E-state index is 0.0977. The van der Waals surface area contributed by atoms with Crippen LogP contribution in [0, 0.1) is 13.8 Å². The molecule has 0 atom stereocenters. The van der Waals surface area contributed by atoms with Crippen molar-refractivity contribution >= 4 is 17.3 Å². The van der Waals surface area contributed by atoms with Crippen LogP contribution in [0.3, 0.4) is 0 Å². The van der Waals surface area contributed by atoms with Crippen molar-refractivity contribution in [3.63, 3.8) is 0 Å². The number of aryl methyl sites for hydroxylation is 2. The first kappa shape index (κ1) is 19.7. The van der Waals surface area contributed by atoms with Gasteiger partial charge in [-0.2, -0.15) is 0 Å². The summed E-state index contributed by atoms with van der Waals surface area (Å²) in [6, 6.07) is 23.3. The van der Waals surface area contributed by atoms with Gasteiger partial charge in [-0.1, -0.05) is 66.7 Å². The lowest BCUT2D eigenvalue weighted by Gasteiger charge is -2.45. The zero-order chi connectivity index (χ0) is 21.6. The third-order valence-corrected chi connectivity index (χ3v) is 6.72. The minimum Gasteiger partial charge on any atom is -0.369 e. The highest BCUT2D eigenvalue weighted by atomic mass is 16.2. The molecule has 0 radical (unpaired) electrons. The monoisotopic (exact) mass is 410 g/mol. The van der Waals surface area contributed by atoms with E-state index in [0.717, 1.165) is 18.7 Å². The van der Waals surface area contributed by atoms with E-state index in [1.807, 2.05) is 42.5 Å². The Hall–Kier alpha value is -3.24. The molecule has 0 spiro atoms. The highest BCUT2D eigenvalue weighted by Crippen LogP contribution is 2.43. The Balaban J connectivity index is 1.53. The Morgan fingerprint density at radius 2 is 1.29 bits per heavy atom. The number of hydrogen-bond donors (Lipinski definition) is 0. The summed E-state index contributed by atoms with van der Waals surface area (Å²) in [5, 5.41) is 0. The predicted octanol–water partition coefficient (Wildman–Crippen LogP) is 4.40. The molecule has 3 aromatic rings. The summed E-state index contributed by atoms with van der Waals surface area (Å²) in [5.41, 5.74) is 4.29. The number of ketones is 2. The molecule has 0 aromatic heterocycles.